The molecule has 0 fully saturated rings. The summed E-state index contributed by atoms with van der Waals surface area (Å²) >= 11 is 6.00. The average Bonchev–Trinajstić information content (AvgIpc) is 2.78. The van der Waals surface area contributed by atoms with Gasteiger partial charge >= 0.3 is 0 Å². The predicted molar refractivity (Wildman–Crippen MR) is 62.5 cm³/mol. The van der Waals surface area contributed by atoms with Gasteiger partial charge in [0.15, 0.2) is 0 Å². The predicted octanol–water partition coefficient (Wildman–Crippen LogP) is 1.44. The van der Waals surface area contributed by atoms with Gasteiger partial charge in [-0.3, -0.25) is 9.59 Å². The molecule has 0 spiro atoms. The SMILES string of the molecule is NC(=O)c1ccn(-c2ccc(C=O)cc2Cl)n1. The van der Waals surface area contributed by atoms with E-state index in [1.165, 1.54) is 16.8 Å². The minimum absolute atomic E-state index is 0.153. The number of aromatic nitrogens is 2. The second kappa shape index (κ2) is 4.39. The third kappa shape index (κ3) is 2.19. The van der Waals surface area contributed by atoms with E-state index in [0.717, 1.165) is 0 Å². The molecule has 0 saturated carbocycles. The Morgan fingerprint density at radius 3 is 2.71 bits per heavy atom. The lowest BCUT2D eigenvalue weighted by atomic mass is 10.2. The molecule has 5 nitrogen and oxygen atoms in total. The van der Waals surface area contributed by atoms with Crippen LogP contribution in [0.3, 0.4) is 0 Å². The molecule has 1 amide bonds. The van der Waals surface area contributed by atoms with Gasteiger partial charge < -0.3 is 5.73 Å². The van der Waals surface area contributed by atoms with E-state index < -0.39 is 5.91 Å². The number of benzene rings is 1. The van der Waals surface area contributed by atoms with Crippen molar-refractivity contribution in [1.82, 2.24) is 9.78 Å². The summed E-state index contributed by atoms with van der Waals surface area (Å²) in [5, 5.41) is 4.33. The van der Waals surface area contributed by atoms with Crippen molar-refractivity contribution < 1.29 is 9.59 Å². The van der Waals surface area contributed by atoms with E-state index >= 15 is 0 Å². The molecule has 6 heteroatoms. The van der Waals surface area contributed by atoms with Crippen LogP contribution < -0.4 is 5.73 Å². The van der Waals surface area contributed by atoms with Gasteiger partial charge in [-0.25, -0.2) is 4.68 Å². The van der Waals surface area contributed by atoms with E-state index in [1.54, 1.807) is 18.3 Å². The highest BCUT2D eigenvalue weighted by atomic mass is 35.5. The number of hydrogen-bond acceptors (Lipinski definition) is 3. The maximum absolute atomic E-state index is 10.9. The van der Waals surface area contributed by atoms with Crippen molar-refractivity contribution in [2.45, 2.75) is 0 Å². The fraction of sp³-hybridized carbons (Fsp3) is 0. The summed E-state index contributed by atoms with van der Waals surface area (Å²) in [5.74, 6) is -0.607. The molecule has 1 heterocycles. The fourth-order valence-electron chi connectivity index (χ4n) is 1.37. The van der Waals surface area contributed by atoms with Crippen LogP contribution in [-0.2, 0) is 0 Å². The quantitative estimate of drug-likeness (QED) is 0.836. The van der Waals surface area contributed by atoms with Gasteiger partial charge in [-0.15, -0.1) is 0 Å². The Kier molecular flexibility index (Phi) is 2.93. The van der Waals surface area contributed by atoms with Crippen LogP contribution >= 0.6 is 11.6 Å². The van der Waals surface area contributed by atoms with Crippen molar-refractivity contribution >= 4 is 23.8 Å². The number of carbonyl (C=O) groups is 2. The molecule has 0 aliphatic carbocycles. The molecule has 0 aliphatic rings. The first-order valence-corrected chi connectivity index (χ1v) is 5.10. The second-order valence-corrected chi connectivity index (χ2v) is 3.75. The zero-order valence-electron chi connectivity index (χ0n) is 8.63. The number of primary amides is 1. The summed E-state index contributed by atoms with van der Waals surface area (Å²) in [6, 6.07) is 6.27. The molecule has 2 rings (SSSR count). The standard InChI is InChI=1S/C11H8ClN3O2/c12-8-5-7(6-16)1-2-10(8)15-4-3-9(14-15)11(13)17/h1-6H,(H2,13,17). The van der Waals surface area contributed by atoms with Crippen LogP contribution in [0.1, 0.15) is 20.8 Å². The minimum atomic E-state index is -0.607. The molecule has 0 saturated heterocycles. The monoisotopic (exact) mass is 249 g/mol. The van der Waals surface area contributed by atoms with Crippen molar-refractivity contribution in [2.24, 2.45) is 5.73 Å². The molecular formula is C11H8ClN3O2. The number of nitrogens with zero attached hydrogens (tertiary/aromatic N) is 2. The van der Waals surface area contributed by atoms with Gasteiger partial charge in [-0.1, -0.05) is 11.6 Å². The van der Waals surface area contributed by atoms with Crippen molar-refractivity contribution in [1.29, 1.82) is 0 Å². The number of aldehydes is 1. The van der Waals surface area contributed by atoms with E-state index in [0.29, 0.717) is 22.6 Å². The Labute approximate surface area is 102 Å². The van der Waals surface area contributed by atoms with Crippen LogP contribution in [0.4, 0.5) is 0 Å². The fourth-order valence-corrected chi connectivity index (χ4v) is 1.65. The van der Waals surface area contributed by atoms with E-state index in [1.807, 2.05) is 0 Å². The van der Waals surface area contributed by atoms with Crippen LogP contribution in [0.2, 0.25) is 5.02 Å². The van der Waals surface area contributed by atoms with Crippen molar-refractivity contribution in [3.05, 3.63) is 46.7 Å². The summed E-state index contributed by atoms with van der Waals surface area (Å²) in [6.07, 6.45) is 2.27. The van der Waals surface area contributed by atoms with Gasteiger partial charge in [0.05, 0.1) is 10.7 Å². The lowest BCUT2D eigenvalue weighted by molar-refractivity contribution is 0.0994. The number of nitrogens with two attached hydrogens (primary N) is 1. The smallest absolute Gasteiger partial charge is 0.269 e. The van der Waals surface area contributed by atoms with E-state index in [-0.39, 0.29) is 5.69 Å². The molecule has 0 radical (unpaired) electrons. The Bertz CT molecular complexity index is 592. The summed E-state index contributed by atoms with van der Waals surface area (Å²) in [6.45, 7) is 0. The van der Waals surface area contributed by atoms with Crippen LogP contribution in [0, 0.1) is 0 Å². The molecule has 0 unspecified atom stereocenters. The minimum Gasteiger partial charge on any atom is -0.364 e. The first-order valence-electron chi connectivity index (χ1n) is 4.72. The average molecular weight is 250 g/mol. The normalized spacial score (nSPS) is 10.2. The Morgan fingerprint density at radius 2 is 2.18 bits per heavy atom. The Balaban J connectivity index is 2.45. The van der Waals surface area contributed by atoms with E-state index in [9.17, 15) is 9.59 Å². The molecule has 86 valence electrons. The van der Waals surface area contributed by atoms with Crippen molar-refractivity contribution in [2.75, 3.05) is 0 Å². The molecule has 1 aromatic carbocycles. The molecule has 0 aliphatic heterocycles. The van der Waals surface area contributed by atoms with Crippen LogP contribution in [-0.4, -0.2) is 22.0 Å². The number of rotatable bonds is 3. The highest BCUT2D eigenvalue weighted by molar-refractivity contribution is 6.32. The summed E-state index contributed by atoms with van der Waals surface area (Å²) < 4.78 is 1.43. The zero-order chi connectivity index (χ0) is 12.4. The third-order valence-corrected chi connectivity index (χ3v) is 2.50. The number of amides is 1. The molecule has 0 bridgehead atoms. The van der Waals surface area contributed by atoms with Crippen LogP contribution in [0.5, 0.6) is 0 Å². The topological polar surface area (TPSA) is 78.0 Å². The first kappa shape index (κ1) is 11.3. The maximum Gasteiger partial charge on any atom is 0.269 e. The van der Waals surface area contributed by atoms with Crippen molar-refractivity contribution in [3.63, 3.8) is 0 Å². The van der Waals surface area contributed by atoms with Crippen LogP contribution in [0.25, 0.3) is 5.69 Å². The van der Waals surface area contributed by atoms with Gasteiger partial charge in [0.2, 0.25) is 0 Å². The largest absolute Gasteiger partial charge is 0.364 e. The highest BCUT2D eigenvalue weighted by Crippen LogP contribution is 2.20. The summed E-state index contributed by atoms with van der Waals surface area (Å²) in [4.78, 5) is 21.5. The molecule has 0 atom stereocenters. The maximum atomic E-state index is 10.9. The van der Waals surface area contributed by atoms with Crippen molar-refractivity contribution in [3.8, 4) is 5.69 Å². The van der Waals surface area contributed by atoms with E-state index in [4.69, 9.17) is 17.3 Å². The summed E-state index contributed by atoms with van der Waals surface area (Å²) in [5.41, 5.74) is 6.30. The Morgan fingerprint density at radius 1 is 1.41 bits per heavy atom. The molecule has 2 aromatic rings. The molecule has 17 heavy (non-hydrogen) atoms. The number of halogens is 1. The highest BCUT2D eigenvalue weighted by Gasteiger charge is 2.08. The number of hydrogen-bond donors (Lipinski definition) is 1. The lowest BCUT2D eigenvalue weighted by Crippen LogP contribution is -2.12. The zero-order valence-corrected chi connectivity index (χ0v) is 9.39. The second-order valence-electron chi connectivity index (χ2n) is 3.34. The third-order valence-electron chi connectivity index (χ3n) is 2.20. The van der Waals surface area contributed by atoms with E-state index in [2.05, 4.69) is 5.10 Å². The van der Waals surface area contributed by atoms with Gasteiger partial charge in [0.1, 0.15) is 12.0 Å². The Hall–Kier alpha value is -2.14. The van der Waals surface area contributed by atoms with Gasteiger partial charge in [0, 0.05) is 11.8 Å². The molecular weight excluding hydrogens is 242 g/mol. The molecule has 2 N–H and O–H groups in total. The number of carbonyl (C=O) groups excluding carboxylic acids is 2. The first-order chi connectivity index (χ1) is 8.11. The van der Waals surface area contributed by atoms with Gasteiger partial charge in [-0.05, 0) is 24.3 Å². The molecule has 1 aromatic heterocycles. The summed E-state index contributed by atoms with van der Waals surface area (Å²) in [7, 11) is 0. The van der Waals surface area contributed by atoms with Gasteiger partial charge in [0.25, 0.3) is 5.91 Å². The van der Waals surface area contributed by atoms with Crippen LogP contribution in [0.15, 0.2) is 30.5 Å². The van der Waals surface area contributed by atoms with Gasteiger partial charge in [-0.2, -0.15) is 5.10 Å². The lowest BCUT2D eigenvalue weighted by Gasteiger charge is -2.04.